The fraction of sp³-hybridized carbons (Fsp3) is 0.370. The molecule has 2 aromatic carbocycles. The van der Waals surface area contributed by atoms with Crippen molar-refractivity contribution in [1.82, 2.24) is 14.5 Å². The molecule has 0 spiro atoms. The molecular formula is C27H30BrN5O2. The van der Waals surface area contributed by atoms with Gasteiger partial charge in [-0.3, -0.25) is 0 Å². The monoisotopic (exact) mass is 535 g/mol. The van der Waals surface area contributed by atoms with Crippen molar-refractivity contribution in [3.63, 3.8) is 0 Å². The third-order valence-corrected chi connectivity index (χ3v) is 6.79. The number of anilines is 2. The molecule has 0 unspecified atom stereocenters. The van der Waals surface area contributed by atoms with Gasteiger partial charge in [-0.2, -0.15) is 4.98 Å². The van der Waals surface area contributed by atoms with E-state index in [1.54, 1.807) is 4.57 Å². The van der Waals surface area contributed by atoms with Crippen molar-refractivity contribution in [2.24, 2.45) is 0 Å². The number of aromatic nitrogens is 3. The molecule has 1 fully saturated rings. The average Bonchev–Trinajstić information content (AvgIpc) is 3.17. The minimum Gasteiger partial charge on any atom is -0.443 e. The first kappa shape index (κ1) is 23.6. The molecule has 0 saturated heterocycles. The lowest BCUT2D eigenvalue weighted by Crippen LogP contribution is -2.27. The largest absolute Gasteiger partial charge is 0.443 e. The molecule has 1 aliphatic rings. The number of fused-ring (bicyclic) bond motifs is 2. The zero-order chi connectivity index (χ0) is 24.7. The van der Waals surface area contributed by atoms with E-state index in [0.29, 0.717) is 6.04 Å². The molecule has 1 saturated carbocycles. The number of halogens is 1. The zero-order valence-corrected chi connectivity index (χ0v) is 21.9. The number of nitrogens with two attached hydrogens (primary N) is 1. The summed E-state index contributed by atoms with van der Waals surface area (Å²) in [7, 11) is 0. The number of carbonyl (C=O) groups excluding carboxylic acids is 1. The van der Waals surface area contributed by atoms with Crippen LogP contribution < -0.4 is 11.1 Å². The Kier molecular flexibility index (Phi) is 6.17. The van der Waals surface area contributed by atoms with Crippen LogP contribution >= 0.6 is 15.9 Å². The quantitative estimate of drug-likeness (QED) is 0.289. The third-order valence-electron chi connectivity index (χ3n) is 6.29. The number of nitrogen functional groups attached to an aromatic ring is 1. The first-order valence-electron chi connectivity index (χ1n) is 12.1. The Bertz CT molecular complexity index is 1420. The highest BCUT2D eigenvalue weighted by Gasteiger charge is 2.24. The van der Waals surface area contributed by atoms with Gasteiger partial charge >= 0.3 is 6.09 Å². The zero-order valence-electron chi connectivity index (χ0n) is 20.3. The highest BCUT2D eigenvalue weighted by atomic mass is 79.9. The van der Waals surface area contributed by atoms with Crippen molar-refractivity contribution < 1.29 is 9.53 Å². The fourth-order valence-electron chi connectivity index (χ4n) is 4.76. The number of hydrogen-bond donors (Lipinski definition) is 2. The van der Waals surface area contributed by atoms with E-state index in [0.717, 1.165) is 56.2 Å². The van der Waals surface area contributed by atoms with Crippen LogP contribution in [0.25, 0.3) is 33.1 Å². The van der Waals surface area contributed by atoms with E-state index in [1.807, 2.05) is 63.2 Å². The molecule has 2 heterocycles. The summed E-state index contributed by atoms with van der Waals surface area (Å²) in [5, 5.41) is 5.43. The number of hydrogen-bond acceptors (Lipinski definition) is 6. The van der Waals surface area contributed by atoms with Crippen LogP contribution in [0, 0.1) is 0 Å². The van der Waals surface area contributed by atoms with Crippen LogP contribution in [-0.4, -0.2) is 32.3 Å². The first-order valence-corrected chi connectivity index (χ1v) is 12.9. The van der Waals surface area contributed by atoms with E-state index in [4.69, 9.17) is 10.5 Å². The summed E-state index contributed by atoms with van der Waals surface area (Å²) in [5.74, 6) is 0.986. The molecule has 0 bridgehead atoms. The van der Waals surface area contributed by atoms with Gasteiger partial charge in [-0.1, -0.05) is 41.3 Å². The summed E-state index contributed by atoms with van der Waals surface area (Å²) in [4.78, 5) is 22.3. The normalized spacial score (nSPS) is 15.0. The highest BCUT2D eigenvalue weighted by Crippen LogP contribution is 2.34. The van der Waals surface area contributed by atoms with Gasteiger partial charge in [0.15, 0.2) is 0 Å². The molecule has 7 nitrogen and oxygen atoms in total. The van der Waals surface area contributed by atoms with Crippen molar-refractivity contribution in [3.05, 3.63) is 46.9 Å². The molecule has 0 atom stereocenters. The summed E-state index contributed by atoms with van der Waals surface area (Å²) < 4.78 is 8.35. The van der Waals surface area contributed by atoms with Gasteiger partial charge in [0.1, 0.15) is 11.4 Å². The Morgan fingerprint density at radius 3 is 2.60 bits per heavy atom. The van der Waals surface area contributed by atoms with Gasteiger partial charge in [0.2, 0.25) is 5.95 Å². The predicted octanol–water partition coefficient (Wildman–Crippen LogP) is 7.12. The van der Waals surface area contributed by atoms with Crippen molar-refractivity contribution in [2.75, 3.05) is 11.1 Å². The highest BCUT2D eigenvalue weighted by molar-refractivity contribution is 9.10. The number of carbonyl (C=O) groups is 1. The van der Waals surface area contributed by atoms with Gasteiger partial charge < -0.3 is 15.8 Å². The molecule has 5 rings (SSSR count). The van der Waals surface area contributed by atoms with E-state index in [1.165, 1.54) is 19.3 Å². The summed E-state index contributed by atoms with van der Waals surface area (Å²) in [6, 6.07) is 14.2. The second-order valence-corrected chi connectivity index (χ2v) is 11.1. The second-order valence-electron chi connectivity index (χ2n) is 10.2. The summed E-state index contributed by atoms with van der Waals surface area (Å²) in [5.41, 5.74) is 8.58. The van der Waals surface area contributed by atoms with E-state index in [-0.39, 0.29) is 5.95 Å². The molecule has 35 heavy (non-hydrogen) atoms. The maximum absolute atomic E-state index is 13.3. The van der Waals surface area contributed by atoms with Crippen LogP contribution in [0.5, 0.6) is 0 Å². The standard InChI is InChI=1S/C27H30BrN5O2/c1-27(2,3)35-26(34)33-22-12-10-18(28)13-17(22)15-23(33)16-9-11-21-20(14-16)24(32-25(29)31-21)30-19-7-5-4-6-8-19/h9-15,19H,4-8H2,1-3H3,(H3,29,30,31,32). The van der Waals surface area contributed by atoms with Crippen molar-refractivity contribution in [3.8, 4) is 11.3 Å². The molecule has 0 aliphatic heterocycles. The molecule has 0 radical (unpaired) electrons. The molecule has 3 N–H and O–H groups in total. The van der Waals surface area contributed by atoms with Gasteiger partial charge in [0.25, 0.3) is 0 Å². The molecule has 8 heteroatoms. The number of rotatable bonds is 3. The lowest BCUT2D eigenvalue weighted by Gasteiger charge is -2.24. The number of ether oxygens (including phenoxy) is 1. The second kappa shape index (κ2) is 9.15. The minimum atomic E-state index is -0.619. The van der Waals surface area contributed by atoms with Crippen LogP contribution in [0.1, 0.15) is 52.9 Å². The van der Waals surface area contributed by atoms with Gasteiger partial charge in [0, 0.05) is 21.3 Å². The van der Waals surface area contributed by atoms with Crippen LogP contribution in [0.3, 0.4) is 0 Å². The van der Waals surface area contributed by atoms with Gasteiger partial charge in [-0.25, -0.2) is 14.3 Å². The third kappa shape index (κ3) is 4.98. The first-order chi connectivity index (χ1) is 16.7. The maximum atomic E-state index is 13.3. The SMILES string of the molecule is CC(C)(C)OC(=O)n1c(-c2ccc3nc(N)nc(NC4CCCCC4)c3c2)cc2cc(Br)ccc21. The average molecular weight is 536 g/mol. The van der Waals surface area contributed by atoms with E-state index >= 15 is 0 Å². The number of nitrogens with one attached hydrogen (secondary N) is 1. The van der Waals surface area contributed by atoms with E-state index in [2.05, 4.69) is 31.2 Å². The molecule has 182 valence electrons. The van der Waals surface area contributed by atoms with Crippen LogP contribution in [0.15, 0.2) is 46.9 Å². The van der Waals surface area contributed by atoms with Crippen LogP contribution in [-0.2, 0) is 4.74 Å². The summed E-state index contributed by atoms with van der Waals surface area (Å²) in [6.45, 7) is 5.61. The molecule has 2 aromatic heterocycles. The predicted molar refractivity (Wildman–Crippen MR) is 145 cm³/mol. The topological polar surface area (TPSA) is 95.1 Å². The molecule has 4 aromatic rings. The summed E-state index contributed by atoms with van der Waals surface area (Å²) in [6.07, 6.45) is 5.53. The van der Waals surface area contributed by atoms with Crippen LogP contribution in [0.2, 0.25) is 0 Å². The minimum absolute atomic E-state index is 0.247. The van der Waals surface area contributed by atoms with Crippen molar-refractivity contribution in [1.29, 1.82) is 0 Å². The Hall–Kier alpha value is -3.13. The Morgan fingerprint density at radius 1 is 1.09 bits per heavy atom. The van der Waals surface area contributed by atoms with Gasteiger partial charge in [0.05, 0.1) is 16.7 Å². The maximum Gasteiger partial charge on any atom is 0.419 e. The van der Waals surface area contributed by atoms with E-state index in [9.17, 15) is 4.79 Å². The number of nitrogens with zero attached hydrogens (tertiary/aromatic N) is 3. The molecule has 1 aliphatic carbocycles. The van der Waals surface area contributed by atoms with Gasteiger partial charge in [-0.05, 0) is 75.6 Å². The smallest absolute Gasteiger partial charge is 0.419 e. The lowest BCUT2D eigenvalue weighted by atomic mass is 9.95. The molecular weight excluding hydrogens is 506 g/mol. The number of benzene rings is 2. The van der Waals surface area contributed by atoms with E-state index < -0.39 is 11.7 Å². The van der Waals surface area contributed by atoms with Crippen molar-refractivity contribution >= 4 is 55.6 Å². The van der Waals surface area contributed by atoms with Crippen molar-refractivity contribution in [2.45, 2.75) is 64.5 Å². The Balaban J connectivity index is 1.65. The Labute approximate surface area is 213 Å². The lowest BCUT2D eigenvalue weighted by molar-refractivity contribution is 0.0547. The Morgan fingerprint density at radius 2 is 1.86 bits per heavy atom. The summed E-state index contributed by atoms with van der Waals surface area (Å²) >= 11 is 3.54. The molecule has 0 amide bonds. The fourth-order valence-corrected chi connectivity index (χ4v) is 5.14. The van der Waals surface area contributed by atoms with Crippen LogP contribution in [0.4, 0.5) is 16.6 Å². The van der Waals surface area contributed by atoms with Gasteiger partial charge in [-0.15, -0.1) is 0 Å².